The smallest absolute Gasteiger partial charge is 0.334 e. The van der Waals surface area contributed by atoms with Crippen molar-refractivity contribution < 1.29 is 22.8 Å². The highest BCUT2D eigenvalue weighted by atomic mass is 32.1. The fourth-order valence-corrected chi connectivity index (χ4v) is 6.90. The number of thiophene rings is 1. The Morgan fingerprint density at radius 2 is 1.79 bits per heavy atom. The molecule has 0 N–H and O–H groups in total. The molecule has 3 heterocycles. The van der Waals surface area contributed by atoms with Gasteiger partial charge in [-0.2, -0.15) is 18.4 Å². The Morgan fingerprint density at radius 1 is 1.10 bits per heavy atom. The lowest BCUT2D eigenvalue weighted by atomic mass is 10.0. The number of hydrogen-bond acceptors (Lipinski definition) is 6. The number of amides is 2. The number of halogens is 3. The minimum atomic E-state index is -4.73. The minimum Gasteiger partial charge on any atom is -0.334 e. The van der Waals surface area contributed by atoms with Gasteiger partial charge in [0.15, 0.2) is 5.11 Å². The Kier molecular flexibility index (Phi) is 9.65. The summed E-state index contributed by atoms with van der Waals surface area (Å²) in [5, 5.41) is 11.2. The van der Waals surface area contributed by atoms with E-state index in [-0.39, 0.29) is 28.8 Å². The number of piperazine rings is 1. The van der Waals surface area contributed by atoms with Crippen molar-refractivity contribution in [3.05, 3.63) is 51.7 Å². The number of carbonyl (C=O) groups is 2. The molecule has 7 nitrogen and oxygen atoms in total. The molecule has 2 saturated heterocycles. The molecule has 4 rings (SSSR count). The lowest BCUT2D eigenvalue weighted by molar-refractivity contribution is -0.137. The van der Waals surface area contributed by atoms with Crippen molar-refractivity contribution in [2.75, 3.05) is 31.1 Å². The molecule has 0 saturated carbocycles. The molecule has 0 radical (unpaired) electrons. The summed E-state index contributed by atoms with van der Waals surface area (Å²) in [5.74, 6) is -0.297. The molecule has 2 amide bonds. The van der Waals surface area contributed by atoms with E-state index in [1.165, 1.54) is 17.4 Å². The topological polar surface area (TPSA) is 70.9 Å². The third kappa shape index (κ3) is 6.48. The van der Waals surface area contributed by atoms with Crippen molar-refractivity contribution in [2.24, 2.45) is 0 Å². The van der Waals surface area contributed by atoms with Gasteiger partial charge in [0, 0.05) is 31.7 Å². The average Bonchev–Trinajstić information content (AvgIpc) is 3.53. The molecule has 42 heavy (non-hydrogen) atoms. The molecule has 2 aromatic rings. The van der Waals surface area contributed by atoms with Gasteiger partial charge in [0.1, 0.15) is 5.54 Å². The summed E-state index contributed by atoms with van der Waals surface area (Å²) in [7, 11) is 0. The third-order valence-electron chi connectivity index (χ3n) is 8.20. The highest BCUT2D eigenvalue weighted by Crippen LogP contribution is 2.38. The molecule has 226 valence electrons. The first kappa shape index (κ1) is 31.9. The fraction of sp³-hybridized carbons (Fsp3) is 0.533. The summed E-state index contributed by atoms with van der Waals surface area (Å²) >= 11 is 7.05. The van der Waals surface area contributed by atoms with E-state index in [0.717, 1.165) is 60.7 Å². The molecule has 1 aromatic heterocycles. The number of unbranched alkanes of at least 4 members (excludes halogenated alkanes) is 3. The summed E-state index contributed by atoms with van der Waals surface area (Å²) in [6, 6.07) is 8.97. The Morgan fingerprint density at radius 3 is 2.40 bits per heavy atom. The van der Waals surface area contributed by atoms with Crippen LogP contribution in [-0.2, 0) is 11.0 Å². The van der Waals surface area contributed by atoms with E-state index in [1.807, 2.05) is 22.4 Å². The third-order valence-corrected chi connectivity index (χ3v) is 9.46. The molecule has 0 unspecified atom stereocenters. The van der Waals surface area contributed by atoms with E-state index in [4.69, 9.17) is 17.5 Å². The standard InChI is InChI=1S/C30H36F3N5O2S2/c1-20-19-36(26(39)25-10-9-15-42-25)21(2)18-35(20)13-7-5-6-8-14-37-28(41)38(27(40)29(37,3)4)23-12-11-22(17-34)24(16-23)30(31,32)33/h9-12,15-16,20-21H,5-8,13-14,18-19H2,1-4H3/t20-,21+/m1/s1. The summed E-state index contributed by atoms with van der Waals surface area (Å²) < 4.78 is 40.6. The lowest BCUT2D eigenvalue weighted by Gasteiger charge is -2.44. The van der Waals surface area contributed by atoms with Crippen LogP contribution in [0.5, 0.6) is 0 Å². The molecular formula is C30H36F3N5O2S2. The molecular weight excluding hydrogens is 583 g/mol. The van der Waals surface area contributed by atoms with Crippen molar-refractivity contribution in [1.29, 1.82) is 5.26 Å². The van der Waals surface area contributed by atoms with Crippen molar-refractivity contribution >= 4 is 46.2 Å². The van der Waals surface area contributed by atoms with Gasteiger partial charge in [0.2, 0.25) is 0 Å². The van der Waals surface area contributed by atoms with Crippen LogP contribution in [0.15, 0.2) is 35.7 Å². The van der Waals surface area contributed by atoms with Gasteiger partial charge in [-0.25, -0.2) is 0 Å². The number of nitriles is 1. The largest absolute Gasteiger partial charge is 0.417 e. The number of rotatable bonds is 9. The Labute approximate surface area is 254 Å². The van der Waals surface area contributed by atoms with Gasteiger partial charge in [-0.3, -0.25) is 19.4 Å². The van der Waals surface area contributed by atoms with Crippen LogP contribution in [0.4, 0.5) is 18.9 Å². The number of hydrogen-bond donors (Lipinski definition) is 0. The first-order valence-corrected chi connectivity index (χ1v) is 15.4. The summed E-state index contributed by atoms with van der Waals surface area (Å²) in [5.41, 5.74) is -2.59. The van der Waals surface area contributed by atoms with Crippen LogP contribution >= 0.6 is 23.6 Å². The first-order valence-electron chi connectivity index (χ1n) is 14.1. The van der Waals surface area contributed by atoms with Crippen LogP contribution in [-0.4, -0.2) is 75.4 Å². The van der Waals surface area contributed by atoms with Crippen LogP contribution in [0.1, 0.15) is 74.2 Å². The van der Waals surface area contributed by atoms with Crippen molar-refractivity contribution in [1.82, 2.24) is 14.7 Å². The van der Waals surface area contributed by atoms with Gasteiger partial charge in [-0.05, 0) is 88.9 Å². The lowest BCUT2D eigenvalue weighted by Crippen LogP contribution is -2.58. The number of carbonyl (C=O) groups excluding carboxylic acids is 2. The number of nitrogens with zero attached hydrogens (tertiary/aromatic N) is 5. The maximum absolute atomic E-state index is 13.5. The van der Waals surface area contributed by atoms with Crippen LogP contribution in [0.2, 0.25) is 0 Å². The van der Waals surface area contributed by atoms with E-state index in [1.54, 1.807) is 24.8 Å². The van der Waals surface area contributed by atoms with Crippen molar-refractivity contribution in [3.63, 3.8) is 0 Å². The second kappa shape index (κ2) is 12.7. The normalized spacial score (nSPS) is 21.2. The number of thiocarbonyl (C=S) groups is 1. The highest BCUT2D eigenvalue weighted by Gasteiger charge is 2.49. The molecule has 0 spiro atoms. The molecule has 0 bridgehead atoms. The maximum atomic E-state index is 13.5. The summed E-state index contributed by atoms with van der Waals surface area (Å²) in [6.07, 6.45) is -1.05. The average molecular weight is 620 g/mol. The monoisotopic (exact) mass is 619 g/mol. The molecule has 1 aromatic carbocycles. The molecule has 0 aliphatic carbocycles. The molecule has 2 aliphatic rings. The number of benzene rings is 1. The van der Waals surface area contributed by atoms with Gasteiger partial charge in [-0.1, -0.05) is 18.9 Å². The van der Waals surface area contributed by atoms with Crippen LogP contribution < -0.4 is 4.90 Å². The zero-order valence-electron chi connectivity index (χ0n) is 24.3. The van der Waals surface area contributed by atoms with E-state index in [0.29, 0.717) is 13.1 Å². The second-order valence-electron chi connectivity index (χ2n) is 11.5. The molecule has 12 heteroatoms. The van der Waals surface area contributed by atoms with Crippen molar-refractivity contribution in [2.45, 2.75) is 77.2 Å². The summed E-state index contributed by atoms with van der Waals surface area (Å²) in [6.45, 7) is 10.7. The molecule has 2 aliphatic heterocycles. The van der Waals surface area contributed by atoms with Crippen LogP contribution in [0.25, 0.3) is 0 Å². The first-order chi connectivity index (χ1) is 19.8. The van der Waals surface area contributed by atoms with Crippen LogP contribution in [0, 0.1) is 11.3 Å². The van der Waals surface area contributed by atoms with Crippen LogP contribution in [0.3, 0.4) is 0 Å². The Bertz CT molecular complexity index is 1360. The quantitative estimate of drug-likeness (QED) is 0.248. The number of alkyl halides is 3. The minimum absolute atomic E-state index is 0.00688. The highest BCUT2D eigenvalue weighted by molar-refractivity contribution is 7.80. The van der Waals surface area contributed by atoms with E-state index in [2.05, 4.69) is 18.7 Å². The summed E-state index contributed by atoms with van der Waals surface area (Å²) in [4.78, 5) is 34.3. The van der Waals surface area contributed by atoms with Gasteiger partial charge >= 0.3 is 6.18 Å². The number of anilines is 1. The van der Waals surface area contributed by atoms with Gasteiger partial charge in [0.25, 0.3) is 11.8 Å². The fourth-order valence-electron chi connectivity index (χ4n) is 5.71. The predicted molar refractivity (Wildman–Crippen MR) is 161 cm³/mol. The second-order valence-corrected chi connectivity index (χ2v) is 12.8. The van der Waals surface area contributed by atoms with E-state index in [9.17, 15) is 22.8 Å². The van der Waals surface area contributed by atoms with Gasteiger partial charge in [0.05, 0.1) is 27.8 Å². The predicted octanol–water partition coefficient (Wildman–Crippen LogP) is 6.15. The SMILES string of the molecule is C[C@@H]1CN(C(=O)c2cccs2)[C@@H](C)CN1CCCCCCN1C(=S)N(c2ccc(C#N)c(C(F)(F)F)c2)C(=O)C1(C)C. The van der Waals surface area contributed by atoms with E-state index < -0.39 is 28.7 Å². The van der Waals surface area contributed by atoms with Crippen molar-refractivity contribution in [3.8, 4) is 6.07 Å². The Hall–Kier alpha value is -3.01. The zero-order valence-corrected chi connectivity index (χ0v) is 25.9. The molecule has 2 atom stereocenters. The zero-order chi connectivity index (χ0) is 30.8. The van der Waals surface area contributed by atoms with E-state index >= 15 is 0 Å². The maximum Gasteiger partial charge on any atom is 0.417 e. The molecule has 2 fully saturated rings. The van der Waals surface area contributed by atoms with Gasteiger partial charge in [-0.15, -0.1) is 11.3 Å². The Balaban J connectivity index is 1.27. The van der Waals surface area contributed by atoms with Gasteiger partial charge < -0.3 is 9.80 Å².